The Hall–Kier alpha value is -1.75. The van der Waals surface area contributed by atoms with Crippen LogP contribution in [-0.4, -0.2) is 32.1 Å². The van der Waals surface area contributed by atoms with Gasteiger partial charge in [-0.3, -0.25) is 4.79 Å². The summed E-state index contributed by atoms with van der Waals surface area (Å²) in [5, 5.41) is 12.5. The van der Waals surface area contributed by atoms with Crippen LogP contribution in [0.3, 0.4) is 0 Å². The lowest BCUT2D eigenvalue weighted by molar-refractivity contribution is 0.0978. The molecule has 156 valence electrons. The Labute approximate surface area is 169 Å². The van der Waals surface area contributed by atoms with Gasteiger partial charge in [0.15, 0.2) is 11.4 Å². The summed E-state index contributed by atoms with van der Waals surface area (Å²) in [5.74, 6) is 1.02. The number of aliphatic hydroxyl groups excluding tert-OH is 1. The van der Waals surface area contributed by atoms with Crippen molar-refractivity contribution in [2.45, 2.75) is 91.4 Å². The predicted octanol–water partition coefficient (Wildman–Crippen LogP) is 5.45. The second kappa shape index (κ2) is 11.9. The van der Waals surface area contributed by atoms with Crippen molar-refractivity contribution in [2.24, 2.45) is 5.92 Å². The first-order chi connectivity index (χ1) is 13.6. The molecule has 28 heavy (non-hydrogen) atoms. The fourth-order valence-electron chi connectivity index (χ4n) is 3.99. The van der Waals surface area contributed by atoms with Crippen LogP contribution in [0, 0.1) is 19.8 Å². The van der Waals surface area contributed by atoms with Crippen molar-refractivity contribution in [1.29, 1.82) is 0 Å². The van der Waals surface area contributed by atoms with E-state index in [0.29, 0.717) is 24.2 Å². The van der Waals surface area contributed by atoms with Crippen molar-refractivity contribution in [3.8, 4) is 0 Å². The van der Waals surface area contributed by atoms with Gasteiger partial charge in [-0.1, -0.05) is 58.3 Å². The fourth-order valence-corrected chi connectivity index (χ4v) is 3.99. The molecule has 0 unspecified atom stereocenters. The van der Waals surface area contributed by atoms with Crippen molar-refractivity contribution < 1.29 is 9.90 Å². The molecule has 0 atom stereocenters. The van der Waals surface area contributed by atoms with Crippen molar-refractivity contribution in [3.63, 3.8) is 0 Å². The molecule has 0 spiro atoms. The average molecular weight is 388 g/mol. The van der Waals surface area contributed by atoms with Gasteiger partial charge in [-0.05, 0) is 38.7 Å². The minimum absolute atomic E-state index is 0.184. The summed E-state index contributed by atoms with van der Waals surface area (Å²) >= 11 is 0. The Bertz CT molecular complexity index is 729. The van der Waals surface area contributed by atoms with Crippen LogP contribution in [-0.2, 0) is 0 Å². The molecule has 0 saturated heterocycles. The van der Waals surface area contributed by atoms with Crippen LogP contribution >= 0.6 is 0 Å². The lowest BCUT2D eigenvalue weighted by Gasteiger charge is -2.20. The molecule has 1 aliphatic rings. The summed E-state index contributed by atoms with van der Waals surface area (Å²) in [4.78, 5) is 17.0. The molecular weight excluding hydrogens is 350 g/mol. The number of hydrogen-bond donors (Lipinski definition) is 1. The quantitative estimate of drug-likeness (QED) is 0.483. The summed E-state index contributed by atoms with van der Waals surface area (Å²) in [5.41, 5.74) is 3.33. The third-order valence-electron chi connectivity index (χ3n) is 5.58. The first-order valence-electron chi connectivity index (χ1n) is 11.0. The third-order valence-corrected chi connectivity index (χ3v) is 5.58. The van der Waals surface area contributed by atoms with Gasteiger partial charge in [-0.25, -0.2) is 9.50 Å². The lowest BCUT2D eigenvalue weighted by Crippen LogP contribution is -2.07. The number of aromatic nitrogens is 3. The highest BCUT2D eigenvalue weighted by atomic mass is 16.2. The monoisotopic (exact) mass is 387 g/mol. The molecule has 2 aromatic rings. The zero-order chi connectivity index (χ0) is 20.4. The zero-order valence-corrected chi connectivity index (χ0v) is 17.9. The average Bonchev–Trinajstić information content (AvgIpc) is 3.12. The van der Waals surface area contributed by atoms with Gasteiger partial charge in [0.1, 0.15) is 0 Å². The number of nitrogens with zero attached hydrogens (tertiary/aromatic N) is 3. The van der Waals surface area contributed by atoms with Crippen LogP contribution in [0.25, 0.3) is 5.65 Å². The summed E-state index contributed by atoms with van der Waals surface area (Å²) < 4.78 is 1.77. The molecule has 0 radical (unpaired) electrons. The topological polar surface area (TPSA) is 67.5 Å². The molecular formula is C23H37N3O2. The van der Waals surface area contributed by atoms with Crippen molar-refractivity contribution >= 4 is 11.4 Å². The Balaban J connectivity index is 0.000000409. The number of unbranched alkanes of at least 4 members (excludes halogenated alkanes) is 2. The second-order valence-corrected chi connectivity index (χ2v) is 8.08. The number of hydrogen-bond acceptors (Lipinski definition) is 4. The largest absolute Gasteiger partial charge is 0.396 e. The van der Waals surface area contributed by atoms with E-state index in [1.165, 1.54) is 44.9 Å². The molecule has 0 aliphatic heterocycles. The predicted molar refractivity (Wildman–Crippen MR) is 114 cm³/mol. The van der Waals surface area contributed by atoms with Gasteiger partial charge in [-0.15, -0.1) is 0 Å². The molecule has 5 nitrogen and oxygen atoms in total. The zero-order valence-electron chi connectivity index (χ0n) is 17.9. The Morgan fingerprint density at radius 3 is 2.57 bits per heavy atom. The van der Waals surface area contributed by atoms with Gasteiger partial charge in [0.2, 0.25) is 0 Å². The molecule has 1 aliphatic carbocycles. The van der Waals surface area contributed by atoms with Gasteiger partial charge in [-0.2, -0.15) is 5.10 Å². The Kier molecular flexibility index (Phi) is 9.62. The minimum atomic E-state index is 0.184. The first kappa shape index (κ1) is 22.5. The molecule has 0 bridgehead atoms. The van der Waals surface area contributed by atoms with Crippen molar-refractivity contribution in [1.82, 2.24) is 14.6 Å². The second-order valence-electron chi connectivity index (χ2n) is 8.08. The smallest absolute Gasteiger partial charge is 0.168 e. The summed E-state index contributed by atoms with van der Waals surface area (Å²) in [6, 6.07) is 1.98. The van der Waals surface area contributed by atoms with Gasteiger partial charge in [0.25, 0.3) is 0 Å². The van der Waals surface area contributed by atoms with E-state index in [9.17, 15) is 4.79 Å². The van der Waals surface area contributed by atoms with E-state index in [2.05, 4.69) is 17.0 Å². The number of ketones is 1. The maximum Gasteiger partial charge on any atom is 0.168 e. The molecule has 5 heteroatoms. The maximum atomic E-state index is 12.5. The molecule has 1 N–H and O–H groups in total. The first-order valence-corrected chi connectivity index (χ1v) is 11.0. The molecule has 1 saturated carbocycles. The standard InChI is InChI=1S/C18H25N3O.C5H12O/c1-13-11-14(2)21-18(20-13)16(12-19-21)17(22)10-6-9-15-7-4-3-5-8-15;1-2-3-4-5-6/h11-12,15H,3-10H2,1-2H3;6H,2-5H2,1H3. The van der Waals surface area contributed by atoms with E-state index < -0.39 is 0 Å². The van der Waals surface area contributed by atoms with Crippen LogP contribution in [0.15, 0.2) is 12.3 Å². The number of carbonyl (C=O) groups is 1. The van der Waals surface area contributed by atoms with Gasteiger partial charge in [0, 0.05) is 24.4 Å². The molecule has 0 aromatic carbocycles. The number of aliphatic hydroxyl groups is 1. The highest BCUT2D eigenvalue weighted by molar-refractivity contribution is 6.01. The highest BCUT2D eigenvalue weighted by Gasteiger charge is 2.17. The normalized spacial score (nSPS) is 14.7. The Morgan fingerprint density at radius 1 is 1.18 bits per heavy atom. The SMILES string of the molecule is CCCCCO.Cc1cc(C)n2ncc(C(=O)CCCC3CCCCC3)c2n1. The number of rotatable bonds is 8. The maximum absolute atomic E-state index is 12.5. The number of Topliss-reactive ketones (excluding diaryl/α,β-unsaturated/α-hetero) is 1. The Morgan fingerprint density at radius 2 is 1.93 bits per heavy atom. The van der Waals surface area contributed by atoms with E-state index in [4.69, 9.17) is 5.11 Å². The van der Waals surface area contributed by atoms with Crippen LogP contribution < -0.4 is 0 Å². The van der Waals surface area contributed by atoms with E-state index in [-0.39, 0.29) is 5.78 Å². The van der Waals surface area contributed by atoms with Gasteiger partial charge >= 0.3 is 0 Å². The van der Waals surface area contributed by atoms with Crippen LogP contribution in [0.1, 0.15) is 99.3 Å². The van der Waals surface area contributed by atoms with Crippen molar-refractivity contribution in [2.75, 3.05) is 6.61 Å². The number of fused-ring (bicyclic) bond motifs is 1. The summed E-state index contributed by atoms with van der Waals surface area (Å²) in [7, 11) is 0. The van der Waals surface area contributed by atoms with Gasteiger partial charge < -0.3 is 5.11 Å². The molecule has 3 rings (SSSR count). The van der Waals surface area contributed by atoms with Crippen LogP contribution in [0.4, 0.5) is 0 Å². The minimum Gasteiger partial charge on any atom is -0.396 e. The number of carbonyl (C=O) groups excluding carboxylic acids is 1. The van der Waals surface area contributed by atoms with Crippen molar-refractivity contribution in [3.05, 3.63) is 29.2 Å². The summed E-state index contributed by atoms with van der Waals surface area (Å²) in [6.45, 7) is 6.42. The van der Waals surface area contributed by atoms with E-state index in [1.807, 2.05) is 19.9 Å². The van der Waals surface area contributed by atoms with E-state index in [0.717, 1.165) is 36.6 Å². The van der Waals surface area contributed by atoms with Crippen LogP contribution in [0.2, 0.25) is 0 Å². The highest BCUT2D eigenvalue weighted by Crippen LogP contribution is 2.28. The third kappa shape index (κ3) is 6.69. The van der Waals surface area contributed by atoms with E-state index >= 15 is 0 Å². The molecule has 1 fully saturated rings. The molecule has 2 aromatic heterocycles. The van der Waals surface area contributed by atoms with E-state index in [1.54, 1.807) is 10.7 Å². The number of aryl methyl sites for hydroxylation is 2. The van der Waals surface area contributed by atoms with Gasteiger partial charge in [0.05, 0.1) is 11.8 Å². The molecule has 2 heterocycles. The molecule has 0 amide bonds. The van der Waals surface area contributed by atoms with Crippen LogP contribution in [0.5, 0.6) is 0 Å². The lowest BCUT2D eigenvalue weighted by atomic mass is 9.85. The fraction of sp³-hybridized carbons (Fsp3) is 0.696. The summed E-state index contributed by atoms with van der Waals surface area (Å²) in [6.07, 6.45) is 14.6.